The van der Waals surface area contributed by atoms with E-state index in [1.807, 2.05) is 11.3 Å². The molecular formula is C18H23NS. The highest BCUT2D eigenvalue weighted by molar-refractivity contribution is 7.15. The van der Waals surface area contributed by atoms with Gasteiger partial charge in [0.15, 0.2) is 0 Å². The average molecular weight is 285 g/mol. The molecule has 1 atom stereocenters. The summed E-state index contributed by atoms with van der Waals surface area (Å²) in [5, 5.41) is 3.44. The minimum atomic E-state index is 0.508. The van der Waals surface area contributed by atoms with Gasteiger partial charge < -0.3 is 5.32 Å². The Labute approximate surface area is 126 Å². The number of benzene rings is 1. The molecule has 3 rings (SSSR count). The Hall–Kier alpha value is -1.12. The summed E-state index contributed by atoms with van der Waals surface area (Å²) in [7, 11) is 2.06. The van der Waals surface area contributed by atoms with Gasteiger partial charge in [0.05, 0.1) is 0 Å². The number of thiophene rings is 1. The maximum Gasteiger partial charge on any atom is 0.0412 e. The maximum absolute atomic E-state index is 3.44. The highest BCUT2D eigenvalue weighted by Gasteiger charge is 2.14. The second-order valence-corrected chi connectivity index (χ2v) is 6.78. The number of nitrogens with one attached hydrogen (secondary N) is 1. The summed E-state index contributed by atoms with van der Waals surface area (Å²) in [5.41, 5.74) is 4.52. The predicted octanol–water partition coefficient (Wildman–Crippen LogP) is 4.96. The normalized spacial score (nSPS) is 15.3. The van der Waals surface area contributed by atoms with Crippen molar-refractivity contribution in [3.8, 4) is 10.4 Å². The molecule has 0 saturated carbocycles. The fourth-order valence-electron chi connectivity index (χ4n) is 3.14. The third-order valence-electron chi connectivity index (χ3n) is 4.28. The first kappa shape index (κ1) is 13.8. The topological polar surface area (TPSA) is 12.0 Å². The van der Waals surface area contributed by atoms with Crippen LogP contribution in [0.3, 0.4) is 0 Å². The molecule has 2 heteroatoms. The molecule has 106 valence electrons. The molecule has 1 aliphatic carbocycles. The Bertz CT molecular complexity index is 585. The summed E-state index contributed by atoms with van der Waals surface area (Å²) in [6.45, 7) is 2.25. The zero-order valence-corrected chi connectivity index (χ0v) is 13.2. The molecule has 0 aliphatic heterocycles. The summed E-state index contributed by atoms with van der Waals surface area (Å²) in [5.74, 6) is 0. The van der Waals surface area contributed by atoms with E-state index >= 15 is 0 Å². The Morgan fingerprint density at radius 2 is 2.00 bits per heavy atom. The van der Waals surface area contributed by atoms with Crippen molar-refractivity contribution >= 4 is 11.3 Å². The maximum atomic E-state index is 3.44. The van der Waals surface area contributed by atoms with E-state index in [9.17, 15) is 0 Å². The van der Waals surface area contributed by atoms with Crippen molar-refractivity contribution in [2.75, 3.05) is 7.05 Å². The number of rotatable bonds is 5. The van der Waals surface area contributed by atoms with Crippen LogP contribution in [-0.4, -0.2) is 7.05 Å². The van der Waals surface area contributed by atoms with Crippen LogP contribution in [0.4, 0.5) is 0 Å². The van der Waals surface area contributed by atoms with Gasteiger partial charge in [-0.05, 0) is 61.6 Å². The van der Waals surface area contributed by atoms with Crippen molar-refractivity contribution in [1.29, 1.82) is 0 Å². The van der Waals surface area contributed by atoms with Crippen LogP contribution in [0.2, 0.25) is 0 Å². The summed E-state index contributed by atoms with van der Waals surface area (Å²) < 4.78 is 0. The third kappa shape index (κ3) is 2.68. The SMILES string of the molecule is CCCC(NC)c1ccc(-c2ccc3c(c2)CCC3)s1. The lowest BCUT2D eigenvalue weighted by atomic mass is 10.1. The van der Waals surface area contributed by atoms with Gasteiger partial charge in [0.25, 0.3) is 0 Å². The molecule has 0 bridgehead atoms. The zero-order valence-electron chi connectivity index (χ0n) is 12.4. The molecule has 2 aromatic rings. The largest absolute Gasteiger partial charge is 0.312 e. The van der Waals surface area contributed by atoms with Gasteiger partial charge in [0.1, 0.15) is 0 Å². The zero-order chi connectivity index (χ0) is 13.9. The standard InChI is InChI=1S/C18H23NS/c1-3-5-16(19-2)18-11-10-17(20-18)15-9-8-13-6-4-7-14(13)12-15/h8-12,16,19H,3-7H2,1-2H3. The molecule has 0 radical (unpaired) electrons. The van der Waals surface area contributed by atoms with Crippen LogP contribution in [0.15, 0.2) is 30.3 Å². The quantitative estimate of drug-likeness (QED) is 0.818. The van der Waals surface area contributed by atoms with Crippen molar-refractivity contribution in [3.05, 3.63) is 46.3 Å². The smallest absolute Gasteiger partial charge is 0.0412 e. The van der Waals surface area contributed by atoms with E-state index in [1.54, 1.807) is 11.1 Å². The molecule has 1 heterocycles. The summed E-state index contributed by atoms with van der Waals surface area (Å²) in [6, 6.07) is 12.1. The predicted molar refractivity (Wildman–Crippen MR) is 88.5 cm³/mol. The van der Waals surface area contributed by atoms with Crippen molar-refractivity contribution in [2.45, 2.75) is 45.1 Å². The van der Waals surface area contributed by atoms with Crippen LogP contribution >= 0.6 is 11.3 Å². The van der Waals surface area contributed by atoms with E-state index in [4.69, 9.17) is 0 Å². The molecule has 0 spiro atoms. The minimum absolute atomic E-state index is 0.508. The lowest BCUT2D eigenvalue weighted by Crippen LogP contribution is -2.14. The molecule has 1 aromatic carbocycles. The fraction of sp³-hybridized carbons (Fsp3) is 0.444. The highest BCUT2D eigenvalue weighted by Crippen LogP contribution is 2.35. The second-order valence-electron chi connectivity index (χ2n) is 5.67. The number of hydrogen-bond donors (Lipinski definition) is 1. The Morgan fingerprint density at radius 3 is 2.80 bits per heavy atom. The van der Waals surface area contributed by atoms with Crippen molar-refractivity contribution in [1.82, 2.24) is 5.32 Å². The van der Waals surface area contributed by atoms with Gasteiger partial charge in [-0.3, -0.25) is 0 Å². The molecule has 20 heavy (non-hydrogen) atoms. The van der Waals surface area contributed by atoms with Crippen molar-refractivity contribution in [2.24, 2.45) is 0 Å². The van der Waals surface area contributed by atoms with Crippen LogP contribution in [0.25, 0.3) is 10.4 Å². The number of aryl methyl sites for hydroxylation is 2. The van der Waals surface area contributed by atoms with Gasteiger partial charge in [-0.25, -0.2) is 0 Å². The lowest BCUT2D eigenvalue weighted by molar-refractivity contribution is 0.550. The van der Waals surface area contributed by atoms with Crippen LogP contribution < -0.4 is 5.32 Å². The lowest BCUT2D eigenvalue weighted by Gasteiger charge is -2.12. The molecule has 0 saturated heterocycles. The minimum Gasteiger partial charge on any atom is -0.312 e. The van der Waals surface area contributed by atoms with Gasteiger partial charge in [0, 0.05) is 15.8 Å². The molecule has 1 aliphatic rings. The van der Waals surface area contributed by atoms with E-state index in [0.717, 1.165) is 0 Å². The second kappa shape index (κ2) is 6.11. The first-order chi connectivity index (χ1) is 9.81. The van der Waals surface area contributed by atoms with E-state index in [-0.39, 0.29) is 0 Å². The van der Waals surface area contributed by atoms with Crippen LogP contribution in [0.1, 0.15) is 48.2 Å². The van der Waals surface area contributed by atoms with E-state index in [1.165, 1.54) is 47.4 Å². The molecule has 1 aromatic heterocycles. The number of fused-ring (bicyclic) bond motifs is 1. The van der Waals surface area contributed by atoms with E-state index < -0.39 is 0 Å². The first-order valence-electron chi connectivity index (χ1n) is 7.71. The van der Waals surface area contributed by atoms with Crippen LogP contribution in [0.5, 0.6) is 0 Å². The van der Waals surface area contributed by atoms with Crippen LogP contribution in [0, 0.1) is 0 Å². The highest BCUT2D eigenvalue weighted by atomic mass is 32.1. The molecule has 0 amide bonds. The first-order valence-corrected chi connectivity index (χ1v) is 8.52. The monoisotopic (exact) mass is 285 g/mol. The van der Waals surface area contributed by atoms with Gasteiger partial charge in [-0.15, -0.1) is 11.3 Å². The Kier molecular flexibility index (Phi) is 4.23. The Balaban J connectivity index is 1.86. The molecule has 0 fully saturated rings. The Morgan fingerprint density at radius 1 is 1.15 bits per heavy atom. The van der Waals surface area contributed by atoms with Gasteiger partial charge in [-0.1, -0.05) is 31.5 Å². The fourth-order valence-corrected chi connectivity index (χ4v) is 4.29. The summed E-state index contributed by atoms with van der Waals surface area (Å²) in [4.78, 5) is 2.87. The summed E-state index contributed by atoms with van der Waals surface area (Å²) in [6.07, 6.45) is 6.28. The van der Waals surface area contributed by atoms with Gasteiger partial charge >= 0.3 is 0 Å². The van der Waals surface area contributed by atoms with Gasteiger partial charge in [0.2, 0.25) is 0 Å². The number of hydrogen-bond acceptors (Lipinski definition) is 2. The van der Waals surface area contributed by atoms with E-state index in [0.29, 0.717) is 6.04 Å². The van der Waals surface area contributed by atoms with E-state index in [2.05, 4.69) is 49.6 Å². The molecule has 1 unspecified atom stereocenters. The molecule has 1 nitrogen and oxygen atoms in total. The van der Waals surface area contributed by atoms with Crippen LogP contribution in [-0.2, 0) is 12.8 Å². The third-order valence-corrected chi connectivity index (χ3v) is 5.53. The van der Waals surface area contributed by atoms with Crippen molar-refractivity contribution < 1.29 is 0 Å². The van der Waals surface area contributed by atoms with Crippen molar-refractivity contribution in [3.63, 3.8) is 0 Å². The molecule has 1 N–H and O–H groups in total. The summed E-state index contributed by atoms with van der Waals surface area (Å²) >= 11 is 1.94. The average Bonchev–Trinajstić information content (AvgIpc) is 3.12. The molecular weight excluding hydrogens is 262 g/mol. The van der Waals surface area contributed by atoms with Gasteiger partial charge in [-0.2, -0.15) is 0 Å².